The summed E-state index contributed by atoms with van der Waals surface area (Å²) in [6.45, 7) is 9.01. The zero-order valence-electron chi connectivity index (χ0n) is 23.7. The molecule has 4 heteroatoms. The summed E-state index contributed by atoms with van der Waals surface area (Å²) < 4.78 is 19.5. The summed E-state index contributed by atoms with van der Waals surface area (Å²) in [5.74, 6) is 1.37. The summed E-state index contributed by atoms with van der Waals surface area (Å²) in [5, 5.41) is 2.02. The van der Waals surface area contributed by atoms with Crippen LogP contribution in [0, 0.1) is 5.82 Å². The van der Waals surface area contributed by atoms with Gasteiger partial charge in [0.15, 0.2) is 0 Å². The largest absolute Gasteiger partial charge is 0.292 e. The quantitative estimate of drug-likeness (QED) is 0.207. The van der Waals surface area contributed by atoms with Crippen LogP contribution in [0.2, 0.25) is 0 Å². The molecule has 0 spiro atoms. The highest BCUT2D eigenvalue weighted by atomic mass is 32.1. The van der Waals surface area contributed by atoms with E-state index in [1.54, 1.807) is 6.07 Å². The minimum atomic E-state index is -0.187. The minimum absolute atomic E-state index is 0.187. The second-order valence-electron chi connectivity index (χ2n) is 11.3. The second kappa shape index (κ2) is 9.97. The molecule has 0 saturated carbocycles. The van der Waals surface area contributed by atoms with Crippen LogP contribution < -0.4 is 0 Å². The Morgan fingerprint density at radius 1 is 0.659 bits per heavy atom. The van der Waals surface area contributed by atoms with Crippen molar-refractivity contribution < 1.29 is 4.39 Å². The molecule has 0 atom stereocenters. The highest BCUT2D eigenvalue weighted by Crippen LogP contribution is 2.46. The Hall–Kier alpha value is -4.28. The normalized spacial score (nSPS) is 12.0. The third kappa shape index (κ3) is 4.08. The molecule has 2 heterocycles. The molecule has 0 N–H and O–H groups in total. The van der Waals surface area contributed by atoms with Gasteiger partial charge in [0.05, 0.1) is 21.4 Å². The molecule has 2 nitrogen and oxygen atoms in total. The van der Waals surface area contributed by atoms with Crippen LogP contribution in [0.25, 0.3) is 59.4 Å². The molecule has 202 valence electrons. The summed E-state index contributed by atoms with van der Waals surface area (Å²) in [5.41, 5.74) is 8.97. The number of halogens is 1. The van der Waals surface area contributed by atoms with Gasteiger partial charge in [0.1, 0.15) is 11.6 Å². The number of hydrogen-bond donors (Lipinski definition) is 0. The van der Waals surface area contributed by atoms with Gasteiger partial charge in [0.2, 0.25) is 0 Å². The third-order valence-corrected chi connectivity index (χ3v) is 9.30. The lowest BCUT2D eigenvalue weighted by molar-refractivity contribution is 0.642. The minimum Gasteiger partial charge on any atom is -0.292 e. The molecule has 0 bridgehead atoms. The van der Waals surface area contributed by atoms with Crippen molar-refractivity contribution in [2.45, 2.75) is 39.5 Å². The van der Waals surface area contributed by atoms with E-state index >= 15 is 4.39 Å². The molecule has 7 rings (SSSR count). The van der Waals surface area contributed by atoms with E-state index in [2.05, 4.69) is 99.0 Å². The van der Waals surface area contributed by atoms with Gasteiger partial charge in [0.25, 0.3) is 0 Å². The molecule has 41 heavy (non-hydrogen) atoms. The number of rotatable bonds is 5. The molecule has 0 aliphatic heterocycles. The number of hydrogen-bond acceptors (Lipinski definition) is 2. The van der Waals surface area contributed by atoms with E-state index in [0.717, 1.165) is 49.0 Å². The molecule has 0 unspecified atom stereocenters. The van der Waals surface area contributed by atoms with Crippen molar-refractivity contribution in [2.75, 3.05) is 0 Å². The topological polar surface area (TPSA) is 17.8 Å². The summed E-state index contributed by atoms with van der Waals surface area (Å²) in [6.07, 6.45) is 0. The molecule has 0 saturated heterocycles. The van der Waals surface area contributed by atoms with Crippen molar-refractivity contribution in [3.63, 3.8) is 0 Å². The number of thiophene rings is 1. The molecule has 7 aromatic rings. The van der Waals surface area contributed by atoms with Gasteiger partial charge in [-0.05, 0) is 58.4 Å². The summed E-state index contributed by atoms with van der Waals surface area (Å²) in [7, 11) is 0. The van der Waals surface area contributed by atoms with Crippen LogP contribution in [-0.4, -0.2) is 9.55 Å². The van der Waals surface area contributed by atoms with Crippen molar-refractivity contribution in [3.05, 3.63) is 120 Å². The standard InChI is InChI=1S/C37H31FN2S/c1-22(2)25-14-10-15-26(23(3)4)34(25)40-32-19-9-8-18-31(32)39-37(40)29-17-11-16-28-33-27(24-12-6-5-7-13-24)20-21-30(38)36(33)41-35(28)29/h5-23H,1-4H3. The number of benzene rings is 5. The molecule has 0 radical (unpaired) electrons. The monoisotopic (exact) mass is 554 g/mol. The van der Waals surface area contributed by atoms with Crippen molar-refractivity contribution >= 4 is 42.5 Å². The van der Waals surface area contributed by atoms with Gasteiger partial charge in [-0.3, -0.25) is 4.57 Å². The fourth-order valence-electron chi connectivity index (χ4n) is 6.11. The first-order valence-corrected chi connectivity index (χ1v) is 15.1. The SMILES string of the molecule is CC(C)c1cccc(C(C)C)c1-n1c(-c2cccc3c2sc2c(F)ccc(-c4ccccc4)c23)nc2ccccc21. The van der Waals surface area contributed by atoms with Crippen LogP contribution in [0.1, 0.15) is 50.7 Å². The molecule has 0 aliphatic carbocycles. The lowest BCUT2D eigenvalue weighted by Crippen LogP contribution is -2.08. The van der Waals surface area contributed by atoms with E-state index in [4.69, 9.17) is 4.98 Å². The Morgan fingerprint density at radius 2 is 1.34 bits per heavy atom. The van der Waals surface area contributed by atoms with Crippen molar-refractivity contribution in [1.82, 2.24) is 9.55 Å². The third-order valence-electron chi connectivity index (χ3n) is 8.05. The van der Waals surface area contributed by atoms with Gasteiger partial charge in [-0.15, -0.1) is 11.3 Å². The van der Waals surface area contributed by atoms with Crippen LogP contribution >= 0.6 is 11.3 Å². The number of aromatic nitrogens is 2. The molecular weight excluding hydrogens is 523 g/mol. The maximum absolute atomic E-state index is 15.4. The maximum Gasteiger partial charge on any atom is 0.147 e. The van der Waals surface area contributed by atoms with Crippen LogP contribution in [0.15, 0.2) is 103 Å². The van der Waals surface area contributed by atoms with Crippen molar-refractivity contribution in [3.8, 4) is 28.2 Å². The molecule has 5 aromatic carbocycles. The first-order chi connectivity index (χ1) is 19.9. The Bertz CT molecular complexity index is 2040. The zero-order valence-corrected chi connectivity index (χ0v) is 24.5. The maximum atomic E-state index is 15.4. The number of fused-ring (bicyclic) bond motifs is 4. The molecule has 0 fully saturated rings. The van der Waals surface area contributed by atoms with Gasteiger partial charge in [-0.2, -0.15) is 0 Å². The Labute approximate surface area is 243 Å². The number of para-hydroxylation sites is 3. The fraction of sp³-hybridized carbons (Fsp3) is 0.162. The van der Waals surface area contributed by atoms with Crippen molar-refractivity contribution in [2.24, 2.45) is 0 Å². The van der Waals surface area contributed by atoms with E-state index < -0.39 is 0 Å². The van der Waals surface area contributed by atoms with Gasteiger partial charge in [-0.25, -0.2) is 9.37 Å². The van der Waals surface area contributed by atoms with Gasteiger partial charge < -0.3 is 0 Å². The van der Waals surface area contributed by atoms with Crippen LogP contribution in [-0.2, 0) is 0 Å². The molecule has 2 aromatic heterocycles. The molecular formula is C37H31FN2S. The van der Waals surface area contributed by atoms with E-state index in [1.807, 2.05) is 30.3 Å². The molecule has 0 amide bonds. The fourth-order valence-corrected chi connectivity index (χ4v) is 7.35. The van der Waals surface area contributed by atoms with Crippen molar-refractivity contribution in [1.29, 1.82) is 0 Å². The Balaban J connectivity index is 1.60. The second-order valence-corrected chi connectivity index (χ2v) is 12.3. The van der Waals surface area contributed by atoms with Crippen LogP contribution in [0.5, 0.6) is 0 Å². The van der Waals surface area contributed by atoms with E-state index in [9.17, 15) is 0 Å². The summed E-state index contributed by atoms with van der Waals surface area (Å²) in [6, 6.07) is 35.2. The van der Waals surface area contributed by atoms with Gasteiger partial charge >= 0.3 is 0 Å². The van der Waals surface area contributed by atoms with Crippen LogP contribution in [0.3, 0.4) is 0 Å². The average molecular weight is 555 g/mol. The number of nitrogens with zero attached hydrogens (tertiary/aromatic N) is 2. The Morgan fingerprint density at radius 3 is 2.07 bits per heavy atom. The zero-order chi connectivity index (χ0) is 28.2. The van der Waals surface area contributed by atoms with Gasteiger partial charge in [-0.1, -0.05) is 107 Å². The highest BCUT2D eigenvalue weighted by Gasteiger charge is 2.24. The predicted octanol–water partition coefficient (Wildman–Crippen LogP) is 11.1. The van der Waals surface area contributed by atoms with E-state index in [-0.39, 0.29) is 5.82 Å². The summed E-state index contributed by atoms with van der Waals surface area (Å²) >= 11 is 1.53. The predicted molar refractivity (Wildman–Crippen MR) is 173 cm³/mol. The number of imidazole rings is 1. The average Bonchev–Trinajstić information content (AvgIpc) is 3.57. The lowest BCUT2D eigenvalue weighted by atomic mass is 9.92. The smallest absolute Gasteiger partial charge is 0.147 e. The van der Waals surface area contributed by atoms with Gasteiger partial charge in [0, 0.05) is 21.0 Å². The van der Waals surface area contributed by atoms with Crippen LogP contribution in [0.4, 0.5) is 4.39 Å². The van der Waals surface area contributed by atoms with E-state index in [1.165, 1.54) is 28.2 Å². The highest BCUT2D eigenvalue weighted by molar-refractivity contribution is 7.26. The summed E-state index contributed by atoms with van der Waals surface area (Å²) in [4.78, 5) is 5.26. The van der Waals surface area contributed by atoms with E-state index in [0.29, 0.717) is 16.5 Å². The Kier molecular flexibility index (Phi) is 6.24. The first-order valence-electron chi connectivity index (χ1n) is 14.2. The first kappa shape index (κ1) is 25.7. The molecule has 0 aliphatic rings. The lowest BCUT2D eigenvalue weighted by Gasteiger charge is -2.22.